The monoisotopic (exact) mass is 311 g/mol. The van der Waals surface area contributed by atoms with Crippen LogP contribution in [-0.4, -0.2) is 13.1 Å². The highest BCUT2D eigenvalue weighted by Gasteiger charge is 2.10. The highest BCUT2D eigenvalue weighted by Crippen LogP contribution is 2.20. The van der Waals surface area contributed by atoms with E-state index in [4.69, 9.17) is 11.6 Å². The third-order valence-electron chi connectivity index (χ3n) is 2.88. The number of carbonyl (C=O) groups is 1. The Labute approximate surface area is 125 Å². The van der Waals surface area contributed by atoms with Gasteiger partial charge in [0.1, 0.15) is 11.6 Å². The molecule has 110 valence electrons. The van der Waals surface area contributed by atoms with E-state index in [0.29, 0.717) is 11.3 Å². The molecule has 3 nitrogen and oxygen atoms in total. The number of nitrogens with one attached hydrogen (secondary N) is 1. The minimum atomic E-state index is -0.598. The second-order valence-electron chi connectivity index (χ2n) is 4.28. The topological polar surface area (TPSA) is 38.3 Å². The van der Waals surface area contributed by atoms with Gasteiger partial charge in [0.05, 0.1) is 17.7 Å². The zero-order valence-corrected chi connectivity index (χ0v) is 11.9. The average Bonchev–Trinajstić information content (AvgIpc) is 2.48. The van der Waals surface area contributed by atoms with Crippen molar-refractivity contribution < 1.29 is 18.3 Å². The molecular weight excluding hydrogens is 300 g/mol. The predicted octanol–water partition coefficient (Wildman–Crippen LogP) is 4.02. The first-order valence-electron chi connectivity index (χ1n) is 6.07. The van der Waals surface area contributed by atoms with Crippen molar-refractivity contribution >= 4 is 23.3 Å². The summed E-state index contributed by atoms with van der Waals surface area (Å²) in [5.41, 5.74) is 1.07. The molecule has 0 aromatic heterocycles. The molecule has 2 rings (SSSR count). The minimum absolute atomic E-state index is 0.0125. The summed E-state index contributed by atoms with van der Waals surface area (Å²) in [5.74, 6) is -1.65. The number of anilines is 1. The highest BCUT2D eigenvalue weighted by molar-refractivity contribution is 6.31. The maximum Gasteiger partial charge on any atom is 0.337 e. The van der Waals surface area contributed by atoms with Crippen molar-refractivity contribution in [1.82, 2.24) is 0 Å². The number of ether oxygens (including phenoxy) is 1. The average molecular weight is 312 g/mol. The molecule has 0 aliphatic heterocycles. The van der Waals surface area contributed by atoms with Crippen LogP contribution >= 0.6 is 11.6 Å². The zero-order valence-electron chi connectivity index (χ0n) is 11.1. The van der Waals surface area contributed by atoms with Crippen LogP contribution in [0.5, 0.6) is 0 Å². The molecule has 0 spiro atoms. The molecule has 1 N–H and O–H groups in total. The molecule has 0 aliphatic carbocycles. The van der Waals surface area contributed by atoms with Gasteiger partial charge in [0.25, 0.3) is 0 Å². The Kier molecular flexibility index (Phi) is 4.75. The van der Waals surface area contributed by atoms with E-state index in [1.807, 2.05) is 0 Å². The first-order valence-corrected chi connectivity index (χ1v) is 6.44. The summed E-state index contributed by atoms with van der Waals surface area (Å²) in [6.07, 6.45) is 0. The van der Waals surface area contributed by atoms with Crippen LogP contribution in [0.3, 0.4) is 0 Å². The van der Waals surface area contributed by atoms with Crippen LogP contribution in [0.15, 0.2) is 36.4 Å². The highest BCUT2D eigenvalue weighted by atomic mass is 35.5. The van der Waals surface area contributed by atoms with E-state index < -0.39 is 17.6 Å². The Morgan fingerprint density at radius 1 is 1.19 bits per heavy atom. The van der Waals surface area contributed by atoms with Gasteiger partial charge in [0.2, 0.25) is 0 Å². The standard InChI is InChI=1S/C15H12ClF2NO2/c1-21-15(20)9-2-3-10(14(18)6-9)8-19-11-4-5-13(17)12(16)7-11/h2-7,19H,8H2,1H3. The third kappa shape index (κ3) is 3.70. The van der Waals surface area contributed by atoms with Crippen molar-refractivity contribution in [3.8, 4) is 0 Å². The molecule has 0 unspecified atom stereocenters. The van der Waals surface area contributed by atoms with E-state index in [2.05, 4.69) is 10.1 Å². The molecule has 2 aromatic rings. The van der Waals surface area contributed by atoms with Crippen LogP contribution in [0, 0.1) is 11.6 Å². The fraction of sp³-hybridized carbons (Fsp3) is 0.133. The first-order chi connectivity index (χ1) is 10.0. The summed E-state index contributed by atoms with van der Waals surface area (Å²) in [6.45, 7) is 0.176. The van der Waals surface area contributed by atoms with E-state index in [9.17, 15) is 13.6 Å². The summed E-state index contributed by atoms with van der Waals surface area (Å²) in [5, 5.41) is 2.91. The van der Waals surface area contributed by atoms with Crippen molar-refractivity contribution in [2.24, 2.45) is 0 Å². The fourth-order valence-corrected chi connectivity index (χ4v) is 1.92. The Morgan fingerprint density at radius 2 is 1.95 bits per heavy atom. The molecule has 0 fully saturated rings. The van der Waals surface area contributed by atoms with Gasteiger partial charge < -0.3 is 10.1 Å². The van der Waals surface area contributed by atoms with Crippen molar-refractivity contribution in [3.63, 3.8) is 0 Å². The number of hydrogen-bond acceptors (Lipinski definition) is 3. The molecule has 0 saturated carbocycles. The number of hydrogen-bond donors (Lipinski definition) is 1. The fourth-order valence-electron chi connectivity index (χ4n) is 1.74. The lowest BCUT2D eigenvalue weighted by Crippen LogP contribution is -2.06. The zero-order chi connectivity index (χ0) is 15.4. The van der Waals surface area contributed by atoms with Gasteiger partial charge in [-0.1, -0.05) is 17.7 Å². The smallest absolute Gasteiger partial charge is 0.337 e. The minimum Gasteiger partial charge on any atom is -0.465 e. The van der Waals surface area contributed by atoms with Crippen LogP contribution < -0.4 is 5.32 Å². The largest absolute Gasteiger partial charge is 0.465 e. The van der Waals surface area contributed by atoms with Gasteiger partial charge in [0, 0.05) is 17.8 Å². The summed E-state index contributed by atoms with van der Waals surface area (Å²) < 4.78 is 31.4. The van der Waals surface area contributed by atoms with Gasteiger partial charge in [-0.3, -0.25) is 0 Å². The van der Waals surface area contributed by atoms with E-state index in [1.54, 1.807) is 0 Å². The molecule has 2 aromatic carbocycles. The van der Waals surface area contributed by atoms with Gasteiger partial charge in [-0.15, -0.1) is 0 Å². The van der Waals surface area contributed by atoms with Crippen molar-refractivity contribution in [1.29, 1.82) is 0 Å². The number of benzene rings is 2. The maximum absolute atomic E-state index is 13.9. The van der Waals surface area contributed by atoms with Crippen LogP contribution in [0.2, 0.25) is 5.02 Å². The number of rotatable bonds is 4. The van der Waals surface area contributed by atoms with Gasteiger partial charge in [-0.2, -0.15) is 0 Å². The Hall–Kier alpha value is -2.14. The van der Waals surface area contributed by atoms with Gasteiger partial charge >= 0.3 is 5.97 Å². The second kappa shape index (κ2) is 6.54. The van der Waals surface area contributed by atoms with E-state index in [1.165, 1.54) is 37.4 Å². The summed E-state index contributed by atoms with van der Waals surface area (Å²) in [7, 11) is 1.23. The Morgan fingerprint density at radius 3 is 2.57 bits per heavy atom. The molecule has 6 heteroatoms. The molecular formula is C15H12ClF2NO2. The molecule has 21 heavy (non-hydrogen) atoms. The number of carbonyl (C=O) groups excluding carboxylic acids is 1. The molecule has 0 bridgehead atoms. The van der Waals surface area contributed by atoms with Crippen LogP contribution in [0.4, 0.5) is 14.5 Å². The molecule has 0 radical (unpaired) electrons. The van der Waals surface area contributed by atoms with Gasteiger partial charge in [0.15, 0.2) is 0 Å². The Balaban J connectivity index is 2.09. The number of methoxy groups -OCH3 is 1. The third-order valence-corrected chi connectivity index (χ3v) is 3.17. The van der Waals surface area contributed by atoms with Crippen LogP contribution in [0.1, 0.15) is 15.9 Å². The first kappa shape index (κ1) is 15.3. The Bertz CT molecular complexity index is 677. The maximum atomic E-state index is 13.9. The van der Waals surface area contributed by atoms with Crippen molar-refractivity contribution in [2.45, 2.75) is 6.54 Å². The van der Waals surface area contributed by atoms with Gasteiger partial charge in [-0.25, -0.2) is 13.6 Å². The number of halogens is 3. The normalized spacial score (nSPS) is 10.3. The van der Waals surface area contributed by atoms with E-state index in [0.717, 1.165) is 6.07 Å². The lowest BCUT2D eigenvalue weighted by atomic mass is 10.1. The van der Waals surface area contributed by atoms with Crippen LogP contribution in [0.25, 0.3) is 0 Å². The molecule has 0 saturated heterocycles. The molecule has 0 heterocycles. The van der Waals surface area contributed by atoms with Crippen molar-refractivity contribution in [2.75, 3.05) is 12.4 Å². The summed E-state index contributed by atoms with van der Waals surface area (Å²) in [6, 6.07) is 8.21. The second-order valence-corrected chi connectivity index (χ2v) is 4.69. The van der Waals surface area contributed by atoms with E-state index in [-0.39, 0.29) is 17.1 Å². The molecule has 0 amide bonds. The lowest BCUT2D eigenvalue weighted by molar-refractivity contribution is 0.0600. The summed E-state index contributed by atoms with van der Waals surface area (Å²) >= 11 is 5.66. The van der Waals surface area contributed by atoms with Crippen molar-refractivity contribution in [3.05, 3.63) is 64.2 Å². The summed E-state index contributed by atoms with van der Waals surface area (Å²) in [4.78, 5) is 11.3. The van der Waals surface area contributed by atoms with E-state index >= 15 is 0 Å². The number of esters is 1. The molecule has 0 aliphatic rings. The molecule has 0 atom stereocenters. The SMILES string of the molecule is COC(=O)c1ccc(CNc2ccc(F)c(Cl)c2)c(F)c1. The lowest BCUT2D eigenvalue weighted by Gasteiger charge is -2.09. The predicted molar refractivity (Wildman–Crippen MR) is 76.5 cm³/mol. The quantitative estimate of drug-likeness (QED) is 0.867. The van der Waals surface area contributed by atoms with Gasteiger partial charge in [-0.05, 0) is 30.3 Å². The van der Waals surface area contributed by atoms with Crippen LogP contribution in [-0.2, 0) is 11.3 Å².